The predicted octanol–water partition coefficient (Wildman–Crippen LogP) is 4.32. The van der Waals surface area contributed by atoms with Gasteiger partial charge in [-0.15, -0.1) is 0 Å². The molecule has 0 aromatic heterocycles. The van der Waals surface area contributed by atoms with Crippen molar-refractivity contribution in [3.8, 4) is 11.1 Å². The van der Waals surface area contributed by atoms with Crippen LogP contribution in [0.2, 0.25) is 0 Å². The van der Waals surface area contributed by atoms with Crippen molar-refractivity contribution in [1.82, 2.24) is 10.2 Å². The number of aryl methyl sites for hydroxylation is 1. The smallest absolute Gasteiger partial charge is 0.254 e. The van der Waals surface area contributed by atoms with Crippen LogP contribution in [0.25, 0.3) is 11.1 Å². The highest BCUT2D eigenvalue weighted by Crippen LogP contribution is 2.22. The number of hydrogen-bond donors (Lipinski definition) is 1. The molecule has 1 fully saturated rings. The Morgan fingerprint density at radius 3 is 2.57 bits per heavy atom. The van der Waals surface area contributed by atoms with Gasteiger partial charge in [-0.05, 0) is 49.4 Å². The summed E-state index contributed by atoms with van der Waals surface area (Å²) in [6.07, 6.45) is 4.38. The molecule has 3 rings (SSSR count). The molecule has 28 heavy (non-hydrogen) atoms. The molecule has 0 unspecified atom stereocenters. The van der Waals surface area contributed by atoms with Crippen LogP contribution in [0.3, 0.4) is 0 Å². The van der Waals surface area contributed by atoms with Gasteiger partial charge in [-0.25, -0.2) is 4.39 Å². The maximum absolute atomic E-state index is 14.4. The van der Waals surface area contributed by atoms with Crippen molar-refractivity contribution >= 4 is 11.8 Å². The second-order valence-electron chi connectivity index (χ2n) is 7.36. The number of carbonyl (C=O) groups excluding carboxylic acids is 2. The van der Waals surface area contributed by atoms with Crippen LogP contribution in [-0.4, -0.2) is 36.3 Å². The van der Waals surface area contributed by atoms with Gasteiger partial charge >= 0.3 is 0 Å². The van der Waals surface area contributed by atoms with Gasteiger partial charge < -0.3 is 10.2 Å². The number of rotatable bonds is 6. The maximum atomic E-state index is 14.4. The van der Waals surface area contributed by atoms with Gasteiger partial charge in [0.2, 0.25) is 5.91 Å². The van der Waals surface area contributed by atoms with E-state index in [4.69, 9.17) is 0 Å². The summed E-state index contributed by atoms with van der Waals surface area (Å²) in [5, 5.41) is 2.76. The van der Waals surface area contributed by atoms with E-state index >= 15 is 0 Å². The minimum atomic E-state index is -0.529. The molecule has 2 aromatic rings. The van der Waals surface area contributed by atoms with Gasteiger partial charge in [0, 0.05) is 26.1 Å². The van der Waals surface area contributed by atoms with E-state index in [-0.39, 0.29) is 11.5 Å². The predicted molar refractivity (Wildman–Crippen MR) is 109 cm³/mol. The third kappa shape index (κ3) is 5.18. The van der Waals surface area contributed by atoms with E-state index in [1.54, 1.807) is 6.07 Å². The lowest BCUT2D eigenvalue weighted by Crippen LogP contribution is -2.34. The number of hydrogen-bond acceptors (Lipinski definition) is 2. The van der Waals surface area contributed by atoms with Gasteiger partial charge in [-0.2, -0.15) is 0 Å². The number of nitrogens with one attached hydrogen (secondary N) is 1. The SMILES string of the molecule is Cc1ccc(-c2ccc(C(=O)NCCCN3CCCCCC3=O)c(F)c2)cc1. The van der Waals surface area contributed by atoms with Gasteiger partial charge in [0.1, 0.15) is 5.82 Å². The monoisotopic (exact) mass is 382 g/mol. The number of likely N-dealkylation sites (tertiary alicyclic amines) is 1. The average Bonchev–Trinajstić information content (AvgIpc) is 2.89. The van der Waals surface area contributed by atoms with Crippen LogP contribution in [0.5, 0.6) is 0 Å². The summed E-state index contributed by atoms with van der Waals surface area (Å²) in [4.78, 5) is 26.1. The molecule has 0 aliphatic carbocycles. The topological polar surface area (TPSA) is 49.4 Å². The molecule has 2 aromatic carbocycles. The molecule has 1 N–H and O–H groups in total. The van der Waals surface area contributed by atoms with Gasteiger partial charge in [0.25, 0.3) is 5.91 Å². The fourth-order valence-corrected chi connectivity index (χ4v) is 3.47. The summed E-state index contributed by atoms with van der Waals surface area (Å²) < 4.78 is 14.4. The molecule has 1 aliphatic rings. The summed E-state index contributed by atoms with van der Waals surface area (Å²) >= 11 is 0. The number of amides is 2. The van der Waals surface area contributed by atoms with E-state index in [0.29, 0.717) is 25.9 Å². The molecule has 0 radical (unpaired) electrons. The number of nitrogens with zero attached hydrogens (tertiary/aromatic N) is 1. The summed E-state index contributed by atoms with van der Waals surface area (Å²) in [5.74, 6) is -0.755. The highest BCUT2D eigenvalue weighted by atomic mass is 19.1. The lowest BCUT2D eigenvalue weighted by Gasteiger charge is -2.20. The fourth-order valence-electron chi connectivity index (χ4n) is 3.47. The Morgan fingerprint density at radius 1 is 1.07 bits per heavy atom. The molecular formula is C23H27FN2O2. The van der Waals surface area contributed by atoms with E-state index in [1.165, 1.54) is 12.1 Å². The quantitative estimate of drug-likeness (QED) is 0.757. The molecule has 0 atom stereocenters. The second kappa shape index (κ2) is 9.49. The van der Waals surface area contributed by atoms with Crippen LogP contribution < -0.4 is 5.32 Å². The molecule has 148 valence electrons. The van der Waals surface area contributed by atoms with E-state index in [1.807, 2.05) is 36.1 Å². The van der Waals surface area contributed by atoms with Crippen molar-refractivity contribution in [2.24, 2.45) is 0 Å². The highest BCUT2D eigenvalue weighted by molar-refractivity contribution is 5.95. The standard InChI is InChI=1S/C23H27FN2O2/c1-17-7-9-18(10-8-17)19-11-12-20(21(24)16-19)23(28)25-13-5-15-26-14-4-2-3-6-22(26)27/h7-12,16H,2-6,13-15H2,1H3,(H,25,28). The molecule has 1 aliphatic heterocycles. The molecule has 2 amide bonds. The zero-order chi connectivity index (χ0) is 19.9. The molecule has 1 heterocycles. The highest BCUT2D eigenvalue weighted by Gasteiger charge is 2.16. The van der Waals surface area contributed by atoms with Crippen molar-refractivity contribution in [2.45, 2.75) is 39.0 Å². The lowest BCUT2D eigenvalue weighted by molar-refractivity contribution is -0.130. The van der Waals surface area contributed by atoms with Crippen LogP contribution in [0.4, 0.5) is 4.39 Å². The molecule has 0 bridgehead atoms. The first-order valence-electron chi connectivity index (χ1n) is 9.97. The molecule has 1 saturated heterocycles. The second-order valence-corrected chi connectivity index (χ2v) is 7.36. The first-order valence-corrected chi connectivity index (χ1v) is 9.97. The number of benzene rings is 2. The number of halogens is 1. The zero-order valence-corrected chi connectivity index (χ0v) is 16.3. The van der Waals surface area contributed by atoms with Crippen LogP contribution in [0.1, 0.15) is 48.0 Å². The summed E-state index contributed by atoms with van der Waals surface area (Å²) in [6.45, 7) is 3.85. The van der Waals surface area contributed by atoms with Crippen LogP contribution in [-0.2, 0) is 4.79 Å². The lowest BCUT2D eigenvalue weighted by atomic mass is 10.0. The van der Waals surface area contributed by atoms with Crippen molar-refractivity contribution in [1.29, 1.82) is 0 Å². The van der Waals surface area contributed by atoms with Crippen molar-refractivity contribution in [3.05, 3.63) is 59.4 Å². The minimum Gasteiger partial charge on any atom is -0.352 e. The van der Waals surface area contributed by atoms with Crippen molar-refractivity contribution in [3.63, 3.8) is 0 Å². The Balaban J connectivity index is 1.52. The summed E-state index contributed by atoms with van der Waals surface area (Å²) in [5.41, 5.74) is 2.84. The Kier molecular flexibility index (Phi) is 6.80. The van der Waals surface area contributed by atoms with E-state index < -0.39 is 11.7 Å². The van der Waals surface area contributed by atoms with Gasteiger partial charge in [0.05, 0.1) is 5.56 Å². The van der Waals surface area contributed by atoms with E-state index in [9.17, 15) is 14.0 Å². The first-order chi connectivity index (χ1) is 13.5. The Hall–Kier alpha value is -2.69. The van der Waals surface area contributed by atoms with Crippen LogP contribution >= 0.6 is 0 Å². The molecule has 0 saturated carbocycles. The Bertz CT molecular complexity index is 833. The summed E-state index contributed by atoms with van der Waals surface area (Å²) in [7, 11) is 0. The first kappa shape index (κ1) is 20.1. The van der Waals surface area contributed by atoms with Crippen molar-refractivity contribution in [2.75, 3.05) is 19.6 Å². The van der Waals surface area contributed by atoms with Crippen molar-refractivity contribution < 1.29 is 14.0 Å². The average molecular weight is 382 g/mol. The zero-order valence-electron chi connectivity index (χ0n) is 16.3. The molecule has 5 heteroatoms. The third-order valence-corrected chi connectivity index (χ3v) is 5.16. The molecular weight excluding hydrogens is 355 g/mol. The fraction of sp³-hybridized carbons (Fsp3) is 0.391. The Labute approximate surface area is 165 Å². The minimum absolute atomic E-state index is 0.0433. The van der Waals surface area contributed by atoms with Crippen LogP contribution in [0.15, 0.2) is 42.5 Å². The van der Waals surface area contributed by atoms with E-state index in [2.05, 4.69) is 5.32 Å². The maximum Gasteiger partial charge on any atom is 0.254 e. The Morgan fingerprint density at radius 2 is 1.82 bits per heavy atom. The van der Waals surface area contributed by atoms with E-state index in [0.717, 1.165) is 42.5 Å². The van der Waals surface area contributed by atoms with Gasteiger partial charge in [-0.1, -0.05) is 42.3 Å². The van der Waals surface area contributed by atoms with Gasteiger partial charge in [0.15, 0.2) is 0 Å². The summed E-state index contributed by atoms with van der Waals surface area (Å²) in [6, 6.07) is 12.5. The molecule has 0 spiro atoms. The largest absolute Gasteiger partial charge is 0.352 e. The third-order valence-electron chi connectivity index (χ3n) is 5.16. The van der Waals surface area contributed by atoms with Gasteiger partial charge in [-0.3, -0.25) is 9.59 Å². The molecule has 4 nitrogen and oxygen atoms in total. The number of carbonyl (C=O) groups is 2. The normalized spacial score (nSPS) is 14.6. The van der Waals surface area contributed by atoms with Crippen LogP contribution in [0, 0.1) is 12.7 Å².